The zero-order valence-electron chi connectivity index (χ0n) is 13.8. The van der Waals surface area contributed by atoms with E-state index in [-0.39, 0.29) is 18.5 Å². The summed E-state index contributed by atoms with van der Waals surface area (Å²) in [7, 11) is 0. The van der Waals surface area contributed by atoms with Gasteiger partial charge in [0.2, 0.25) is 0 Å². The summed E-state index contributed by atoms with van der Waals surface area (Å²) in [6.07, 6.45) is -4.37. The van der Waals surface area contributed by atoms with Crippen LogP contribution in [0.4, 0.5) is 22.8 Å². The van der Waals surface area contributed by atoms with Crippen molar-refractivity contribution >= 4 is 12.1 Å². The lowest BCUT2D eigenvalue weighted by atomic mass is 10.0. The fourth-order valence-corrected chi connectivity index (χ4v) is 2.36. The van der Waals surface area contributed by atoms with Crippen LogP contribution in [0.25, 0.3) is 0 Å². The first-order valence-electron chi connectivity index (χ1n) is 7.50. The SMILES string of the molecule is CC[C@@H]1CN(C(=O)NCC(F)(F)F)C[C@@H]1NC(=O)OC(C)(C)C. The molecule has 1 rings (SSSR count). The lowest BCUT2D eigenvalue weighted by molar-refractivity contribution is -0.123. The van der Waals surface area contributed by atoms with Crippen molar-refractivity contribution in [3.63, 3.8) is 0 Å². The van der Waals surface area contributed by atoms with Crippen molar-refractivity contribution in [1.29, 1.82) is 0 Å². The summed E-state index contributed by atoms with van der Waals surface area (Å²) in [5.41, 5.74) is -0.645. The molecule has 6 nitrogen and oxygen atoms in total. The molecule has 1 saturated heterocycles. The summed E-state index contributed by atoms with van der Waals surface area (Å²) in [5.74, 6) is -0.0286. The van der Waals surface area contributed by atoms with Crippen LogP contribution in [0.15, 0.2) is 0 Å². The van der Waals surface area contributed by atoms with Gasteiger partial charge in [0.1, 0.15) is 12.1 Å². The van der Waals surface area contributed by atoms with Gasteiger partial charge in [0.15, 0.2) is 0 Å². The Hall–Kier alpha value is -1.67. The molecule has 0 aromatic carbocycles. The highest BCUT2D eigenvalue weighted by Crippen LogP contribution is 2.21. The molecule has 2 atom stereocenters. The predicted octanol–water partition coefficient (Wildman–Crippen LogP) is 2.49. The maximum absolute atomic E-state index is 12.1. The Morgan fingerprint density at radius 2 is 1.83 bits per heavy atom. The molecule has 9 heteroatoms. The molecular formula is C14H24F3N3O3. The van der Waals surface area contributed by atoms with Crippen LogP contribution in [0.1, 0.15) is 34.1 Å². The van der Waals surface area contributed by atoms with E-state index in [4.69, 9.17) is 4.74 Å². The number of hydrogen-bond acceptors (Lipinski definition) is 3. The van der Waals surface area contributed by atoms with Gasteiger partial charge in [0, 0.05) is 13.1 Å². The minimum Gasteiger partial charge on any atom is -0.444 e. The molecule has 1 aliphatic rings. The average molecular weight is 339 g/mol. The Morgan fingerprint density at radius 1 is 1.22 bits per heavy atom. The standard InChI is InChI=1S/C14H24F3N3O3/c1-5-9-6-20(11(21)18-8-14(15,16)17)7-10(9)19-12(22)23-13(2,3)4/h9-10H,5-8H2,1-4H3,(H,18,21)(H,19,22)/t9-,10+/m1/s1. The molecule has 23 heavy (non-hydrogen) atoms. The zero-order valence-corrected chi connectivity index (χ0v) is 13.8. The number of alkyl carbamates (subject to hydrolysis) is 1. The summed E-state index contributed by atoms with van der Waals surface area (Å²) in [4.78, 5) is 24.9. The highest BCUT2D eigenvalue weighted by molar-refractivity contribution is 5.75. The number of hydrogen-bond donors (Lipinski definition) is 2. The van der Waals surface area contributed by atoms with Crippen LogP contribution in [0, 0.1) is 5.92 Å². The van der Waals surface area contributed by atoms with Crippen LogP contribution in [0.2, 0.25) is 0 Å². The number of carbonyl (C=O) groups excluding carboxylic acids is 2. The average Bonchev–Trinajstić information content (AvgIpc) is 2.75. The number of amides is 3. The highest BCUT2D eigenvalue weighted by Gasteiger charge is 2.37. The molecule has 0 aromatic rings. The Morgan fingerprint density at radius 3 is 2.30 bits per heavy atom. The van der Waals surface area contributed by atoms with Gasteiger partial charge < -0.3 is 20.3 Å². The smallest absolute Gasteiger partial charge is 0.407 e. The molecule has 0 aliphatic carbocycles. The molecule has 0 radical (unpaired) electrons. The molecule has 0 saturated carbocycles. The predicted molar refractivity (Wildman–Crippen MR) is 78.0 cm³/mol. The van der Waals surface area contributed by atoms with Crippen LogP contribution in [-0.4, -0.2) is 54.5 Å². The topological polar surface area (TPSA) is 70.7 Å². The number of halogens is 3. The largest absolute Gasteiger partial charge is 0.444 e. The van der Waals surface area contributed by atoms with E-state index < -0.39 is 30.4 Å². The van der Waals surface area contributed by atoms with Gasteiger partial charge in [-0.1, -0.05) is 6.92 Å². The summed E-state index contributed by atoms with van der Waals surface area (Å²) >= 11 is 0. The number of nitrogens with one attached hydrogen (secondary N) is 2. The number of urea groups is 1. The maximum Gasteiger partial charge on any atom is 0.407 e. The third-order valence-electron chi connectivity index (χ3n) is 3.39. The third kappa shape index (κ3) is 6.96. The Balaban J connectivity index is 2.56. The van der Waals surface area contributed by atoms with Crippen LogP contribution in [0.5, 0.6) is 0 Å². The van der Waals surface area contributed by atoms with E-state index in [0.29, 0.717) is 13.0 Å². The van der Waals surface area contributed by atoms with Crippen LogP contribution < -0.4 is 10.6 Å². The molecule has 134 valence electrons. The Kier molecular flexibility index (Phi) is 6.12. The molecule has 3 amide bonds. The number of rotatable bonds is 3. The Bertz CT molecular complexity index is 435. The molecule has 0 bridgehead atoms. The van der Waals surface area contributed by atoms with E-state index >= 15 is 0 Å². The molecule has 0 aromatic heterocycles. The lowest BCUT2D eigenvalue weighted by Gasteiger charge is -2.23. The zero-order chi connectivity index (χ0) is 17.8. The van der Waals surface area contributed by atoms with Crippen LogP contribution >= 0.6 is 0 Å². The lowest BCUT2D eigenvalue weighted by Crippen LogP contribution is -2.45. The monoisotopic (exact) mass is 339 g/mol. The molecule has 2 N–H and O–H groups in total. The van der Waals surface area contributed by atoms with Gasteiger partial charge >= 0.3 is 18.3 Å². The van der Waals surface area contributed by atoms with Crippen LogP contribution in [0.3, 0.4) is 0 Å². The van der Waals surface area contributed by atoms with Crippen molar-refractivity contribution in [2.24, 2.45) is 5.92 Å². The summed E-state index contributed by atoms with van der Waals surface area (Å²) < 4.78 is 41.6. The second kappa shape index (κ2) is 7.27. The first kappa shape index (κ1) is 19.4. The second-order valence-corrected chi connectivity index (χ2v) is 6.60. The van der Waals surface area contributed by atoms with Crippen molar-refractivity contribution < 1.29 is 27.5 Å². The van der Waals surface area contributed by atoms with Crippen molar-refractivity contribution in [2.75, 3.05) is 19.6 Å². The van der Waals surface area contributed by atoms with E-state index in [1.165, 1.54) is 4.90 Å². The molecule has 0 unspecified atom stereocenters. The highest BCUT2D eigenvalue weighted by atomic mass is 19.4. The number of likely N-dealkylation sites (tertiary alicyclic amines) is 1. The molecule has 1 heterocycles. The van der Waals surface area contributed by atoms with Crippen LogP contribution in [-0.2, 0) is 4.74 Å². The first-order valence-corrected chi connectivity index (χ1v) is 7.50. The van der Waals surface area contributed by atoms with Crippen molar-refractivity contribution in [1.82, 2.24) is 15.5 Å². The number of nitrogens with zero attached hydrogens (tertiary/aromatic N) is 1. The van der Waals surface area contributed by atoms with Gasteiger partial charge in [-0.05, 0) is 33.1 Å². The number of alkyl halides is 3. The molecule has 1 aliphatic heterocycles. The van der Waals surface area contributed by atoms with E-state index in [1.807, 2.05) is 12.2 Å². The van der Waals surface area contributed by atoms with Crippen molar-refractivity contribution in [2.45, 2.75) is 51.9 Å². The van der Waals surface area contributed by atoms with Gasteiger partial charge in [0.05, 0.1) is 6.04 Å². The van der Waals surface area contributed by atoms with Gasteiger partial charge in [-0.25, -0.2) is 9.59 Å². The molecule has 0 spiro atoms. The normalized spacial score (nSPS) is 22.0. The quantitative estimate of drug-likeness (QED) is 0.830. The number of carbonyl (C=O) groups is 2. The minimum absolute atomic E-state index is 0.0286. The fraction of sp³-hybridized carbons (Fsp3) is 0.857. The van der Waals surface area contributed by atoms with E-state index in [1.54, 1.807) is 20.8 Å². The van der Waals surface area contributed by atoms with E-state index in [9.17, 15) is 22.8 Å². The van der Waals surface area contributed by atoms with Crippen molar-refractivity contribution in [3.8, 4) is 0 Å². The number of ether oxygens (including phenoxy) is 1. The minimum atomic E-state index is -4.45. The molecule has 1 fully saturated rings. The third-order valence-corrected chi connectivity index (χ3v) is 3.39. The van der Waals surface area contributed by atoms with Gasteiger partial charge in [-0.15, -0.1) is 0 Å². The summed E-state index contributed by atoms with van der Waals surface area (Å²) in [5, 5.41) is 4.53. The van der Waals surface area contributed by atoms with Gasteiger partial charge in [-0.2, -0.15) is 13.2 Å². The fourth-order valence-electron chi connectivity index (χ4n) is 2.36. The summed E-state index contributed by atoms with van der Waals surface area (Å²) in [6.45, 7) is 6.16. The second-order valence-electron chi connectivity index (χ2n) is 6.60. The van der Waals surface area contributed by atoms with Crippen molar-refractivity contribution in [3.05, 3.63) is 0 Å². The van der Waals surface area contributed by atoms with Gasteiger partial charge in [0.25, 0.3) is 0 Å². The molecular weight excluding hydrogens is 315 g/mol. The maximum atomic E-state index is 12.1. The first-order chi connectivity index (χ1) is 10.4. The van der Waals surface area contributed by atoms with Gasteiger partial charge in [-0.3, -0.25) is 0 Å². The summed E-state index contributed by atoms with van der Waals surface area (Å²) in [6, 6.07) is -1.12. The Labute approximate surface area is 133 Å². The van der Waals surface area contributed by atoms with E-state index in [0.717, 1.165) is 0 Å². The van der Waals surface area contributed by atoms with E-state index in [2.05, 4.69) is 5.32 Å².